The number of carbonyl (C=O) groups is 1. The van der Waals surface area contributed by atoms with Crippen molar-refractivity contribution in [3.05, 3.63) is 65.5 Å². The number of hydrogen-bond donors (Lipinski definition) is 1. The molecule has 0 heterocycles. The Morgan fingerprint density at radius 1 is 1.17 bits per heavy atom. The first-order valence-electron chi connectivity index (χ1n) is 7.90. The van der Waals surface area contributed by atoms with E-state index in [1.165, 1.54) is 16.5 Å². The molecule has 4 heteroatoms. The summed E-state index contributed by atoms with van der Waals surface area (Å²) in [6.45, 7) is 3.94. The minimum atomic E-state index is -0.351. The van der Waals surface area contributed by atoms with Gasteiger partial charge in [-0.25, -0.2) is 9.18 Å². The topological polar surface area (TPSA) is 32.3 Å². The van der Waals surface area contributed by atoms with Gasteiger partial charge in [-0.05, 0) is 37.1 Å². The molecule has 1 unspecified atom stereocenters. The van der Waals surface area contributed by atoms with E-state index in [4.69, 9.17) is 0 Å². The fourth-order valence-electron chi connectivity index (χ4n) is 2.45. The summed E-state index contributed by atoms with van der Waals surface area (Å²) in [6.07, 6.45) is 2.12. The predicted molar refractivity (Wildman–Crippen MR) is 92.0 cm³/mol. The fraction of sp³-hybridized carbons (Fsp3) is 0.316. The van der Waals surface area contributed by atoms with Gasteiger partial charge in [0.1, 0.15) is 5.82 Å². The molecule has 0 saturated heterocycles. The van der Waals surface area contributed by atoms with Gasteiger partial charge in [0.25, 0.3) is 0 Å². The van der Waals surface area contributed by atoms with Crippen LogP contribution in [0.2, 0.25) is 0 Å². The lowest BCUT2D eigenvalue weighted by molar-refractivity contribution is 0.207. The van der Waals surface area contributed by atoms with Gasteiger partial charge in [-0.15, -0.1) is 0 Å². The zero-order valence-corrected chi connectivity index (χ0v) is 13.8. The summed E-state index contributed by atoms with van der Waals surface area (Å²) < 4.78 is 13.8. The first kappa shape index (κ1) is 17.0. The Labute approximate surface area is 137 Å². The minimum Gasteiger partial charge on any atom is -0.321 e. The summed E-state index contributed by atoms with van der Waals surface area (Å²) in [6, 6.07) is 13.7. The SMILES string of the molecule is CCCc1ccc(NC(=O)N(C)C(C)c2ccccc2F)cc1. The van der Waals surface area contributed by atoms with Crippen LogP contribution in [0.5, 0.6) is 0 Å². The van der Waals surface area contributed by atoms with Crippen LogP contribution in [0.15, 0.2) is 48.5 Å². The van der Waals surface area contributed by atoms with Crippen molar-refractivity contribution in [1.29, 1.82) is 0 Å². The van der Waals surface area contributed by atoms with Crippen molar-refractivity contribution in [2.75, 3.05) is 12.4 Å². The maximum atomic E-state index is 13.8. The van der Waals surface area contributed by atoms with E-state index in [9.17, 15) is 9.18 Å². The van der Waals surface area contributed by atoms with Crippen LogP contribution in [0.1, 0.15) is 37.4 Å². The second-order valence-electron chi connectivity index (χ2n) is 5.69. The van der Waals surface area contributed by atoms with Crippen LogP contribution >= 0.6 is 0 Å². The smallest absolute Gasteiger partial charge is 0.321 e. The van der Waals surface area contributed by atoms with Crippen molar-refractivity contribution in [2.24, 2.45) is 0 Å². The molecule has 3 nitrogen and oxygen atoms in total. The van der Waals surface area contributed by atoms with E-state index in [1.807, 2.05) is 31.2 Å². The number of amides is 2. The van der Waals surface area contributed by atoms with Crippen molar-refractivity contribution in [2.45, 2.75) is 32.7 Å². The lowest BCUT2D eigenvalue weighted by Crippen LogP contribution is -2.34. The van der Waals surface area contributed by atoms with Crippen molar-refractivity contribution in [3.63, 3.8) is 0 Å². The molecular formula is C19H23FN2O. The van der Waals surface area contributed by atoms with Crippen LogP contribution in [0.3, 0.4) is 0 Å². The van der Waals surface area contributed by atoms with Gasteiger partial charge in [-0.1, -0.05) is 43.7 Å². The molecule has 0 aliphatic rings. The third-order valence-corrected chi connectivity index (χ3v) is 4.00. The maximum Gasteiger partial charge on any atom is 0.322 e. The number of nitrogens with zero attached hydrogens (tertiary/aromatic N) is 1. The van der Waals surface area contributed by atoms with Crippen molar-refractivity contribution < 1.29 is 9.18 Å². The lowest BCUT2D eigenvalue weighted by Gasteiger charge is -2.26. The van der Waals surface area contributed by atoms with Gasteiger partial charge in [0.15, 0.2) is 0 Å². The van der Waals surface area contributed by atoms with Crippen molar-refractivity contribution >= 4 is 11.7 Å². The molecule has 23 heavy (non-hydrogen) atoms. The number of halogens is 1. The fourth-order valence-corrected chi connectivity index (χ4v) is 2.45. The van der Waals surface area contributed by atoms with Gasteiger partial charge in [-0.3, -0.25) is 0 Å². The third-order valence-electron chi connectivity index (χ3n) is 4.00. The van der Waals surface area contributed by atoms with E-state index in [0.717, 1.165) is 18.5 Å². The van der Waals surface area contributed by atoms with Crippen LogP contribution < -0.4 is 5.32 Å². The largest absolute Gasteiger partial charge is 0.322 e. The van der Waals surface area contributed by atoms with Crippen LogP contribution in [-0.4, -0.2) is 18.0 Å². The number of hydrogen-bond acceptors (Lipinski definition) is 1. The molecular weight excluding hydrogens is 291 g/mol. The standard InChI is InChI=1S/C19H23FN2O/c1-4-7-15-10-12-16(13-11-15)21-19(23)22(3)14(2)17-8-5-6-9-18(17)20/h5-6,8-14H,4,7H2,1-3H3,(H,21,23). The molecule has 2 amide bonds. The molecule has 2 rings (SSSR count). The highest BCUT2D eigenvalue weighted by Crippen LogP contribution is 2.22. The maximum absolute atomic E-state index is 13.8. The summed E-state index contributed by atoms with van der Waals surface area (Å²) in [5.41, 5.74) is 2.49. The summed E-state index contributed by atoms with van der Waals surface area (Å²) in [5.74, 6) is -0.302. The molecule has 0 aliphatic carbocycles. The molecule has 2 aromatic carbocycles. The Balaban J connectivity index is 2.03. The Morgan fingerprint density at radius 2 is 1.83 bits per heavy atom. The van der Waals surface area contributed by atoms with E-state index in [-0.39, 0.29) is 17.9 Å². The Morgan fingerprint density at radius 3 is 2.43 bits per heavy atom. The number of anilines is 1. The van der Waals surface area contributed by atoms with Gasteiger partial charge in [0, 0.05) is 18.3 Å². The number of rotatable bonds is 5. The average Bonchev–Trinajstić information content (AvgIpc) is 2.56. The van der Waals surface area contributed by atoms with Crippen molar-refractivity contribution in [3.8, 4) is 0 Å². The molecule has 122 valence electrons. The minimum absolute atomic E-state index is 0.260. The van der Waals surface area contributed by atoms with E-state index in [1.54, 1.807) is 25.2 Å². The average molecular weight is 314 g/mol. The number of urea groups is 1. The summed E-state index contributed by atoms with van der Waals surface area (Å²) in [4.78, 5) is 13.8. The number of benzene rings is 2. The summed E-state index contributed by atoms with van der Waals surface area (Å²) in [7, 11) is 1.66. The predicted octanol–water partition coefficient (Wildman–Crippen LogP) is 5.00. The summed E-state index contributed by atoms with van der Waals surface area (Å²) in [5, 5.41) is 2.85. The van der Waals surface area contributed by atoms with E-state index in [0.29, 0.717) is 5.56 Å². The van der Waals surface area contributed by atoms with E-state index >= 15 is 0 Å². The molecule has 0 bridgehead atoms. The van der Waals surface area contributed by atoms with Gasteiger partial charge >= 0.3 is 6.03 Å². The first-order chi connectivity index (χ1) is 11.0. The zero-order chi connectivity index (χ0) is 16.8. The second kappa shape index (κ2) is 7.77. The monoisotopic (exact) mass is 314 g/mol. The Bertz CT molecular complexity index is 655. The van der Waals surface area contributed by atoms with Crippen molar-refractivity contribution in [1.82, 2.24) is 4.90 Å². The molecule has 0 spiro atoms. The van der Waals surface area contributed by atoms with Crippen LogP contribution in [0.4, 0.5) is 14.9 Å². The zero-order valence-electron chi connectivity index (χ0n) is 13.8. The van der Waals surface area contributed by atoms with Crippen LogP contribution in [0, 0.1) is 5.82 Å². The van der Waals surface area contributed by atoms with Gasteiger partial charge in [0.2, 0.25) is 0 Å². The highest BCUT2D eigenvalue weighted by atomic mass is 19.1. The molecule has 0 fully saturated rings. The summed E-state index contributed by atoms with van der Waals surface area (Å²) >= 11 is 0. The normalized spacial score (nSPS) is 11.8. The highest BCUT2D eigenvalue weighted by Gasteiger charge is 2.19. The molecule has 0 saturated carbocycles. The molecule has 1 N–H and O–H groups in total. The molecule has 1 atom stereocenters. The Kier molecular flexibility index (Phi) is 5.74. The molecule has 0 radical (unpaired) electrons. The molecule has 2 aromatic rings. The van der Waals surface area contributed by atoms with Crippen LogP contribution in [-0.2, 0) is 6.42 Å². The van der Waals surface area contributed by atoms with E-state index < -0.39 is 0 Å². The second-order valence-corrected chi connectivity index (χ2v) is 5.69. The number of carbonyl (C=O) groups excluding carboxylic acids is 1. The number of aryl methyl sites for hydroxylation is 1. The molecule has 0 aliphatic heterocycles. The lowest BCUT2D eigenvalue weighted by atomic mass is 10.1. The van der Waals surface area contributed by atoms with Gasteiger partial charge in [-0.2, -0.15) is 0 Å². The Hall–Kier alpha value is -2.36. The molecule has 0 aromatic heterocycles. The van der Waals surface area contributed by atoms with E-state index in [2.05, 4.69) is 12.2 Å². The quantitative estimate of drug-likeness (QED) is 0.827. The van der Waals surface area contributed by atoms with Gasteiger partial charge < -0.3 is 10.2 Å². The highest BCUT2D eigenvalue weighted by molar-refractivity contribution is 5.89. The first-order valence-corrected chi connectivity index (χ1v) is 7.90. The number of nitrogens with one attached hydrogen (secondary N) is 1. The third kappa shape index (κ3) is 4.31. The van der Waals surface area contributed by atoms with Gasteiger partial charge in [0.05, 0.1) is 6.04 Å². The van der Waals surface area contributed by atoms with Crippen LogP contribution in [0.25, 0.3) is 0 Å².